The predicted octanol–water partition coefficient (Wildman–Crippen LogP) is 2.38. The molecule has 2 N–H and O–H groups in total. The van der Waals surface area contributed by atoms with E-state index in [2.05, 4.69) is 31.5 Å². The maximum absolute atomic E-state index is 12.2. The van der Waals surface area contributed by atoms with Crippen LogP contribution < -0.4 is 10.6 Å². The van der Waals surface area contributed by atoms with Gasteiger partial charge in [-0.1, -0.05) is 18.3 Å². The summed E-state index contributed by atoms with van der Waals surface area (Å²) < 4.78 is 0.924. The Bertz CT molecular complexity index is 387. The fraction of sp³-hybridized carbons (Fsp3) is 0.600. The van der Waals surface area contributed by atoms with Gasteiger partial charge in [-0.2, -0.15) is 0 Å². The van der Waals surface area contributed by atoms with E-state index in [0.717, 1.165) is 29.6 Å². The van der Waals surface area contributed by atoms with Crippen LogP contribution in [0.2, 0.25) is 0 Å². The van der Waals surface area contributed by atoms with Gasteiger partial charge in [0, 0.05) is 0 Å². The van der Waals surface area contributed by atoms with Gasteiger partial charge in [0.25, 0.3) is 0 Å². The van der Waals surface area contributed by atoms with E-state index in [1.807, 2.05) is 6.92 Å². The standard InChI is InChI=1S/C10H14BrN3OS/c1-2-10(4-3-5-13-10)8(15)14-9-12-6-7(11)16-9/h6,13H,2-5H2,1H3,(H,12,14,15). The highest BCUT2D eigenvalue weighted by molar-refractivity contribution is 9.11. The molecule has 4 nitrogen and oxygen atoms in total. The van der Waals surface area contributed by atoms with Crippen molar-refractivity contribution in [1.82, 2.24) is 10.3 Å². The highest BCUT2D eigenvalue weighted by atomic mass is 79.9. The summed E-state index contributed by atoms with van der Waals surface area (Å²) in [6.45, 7) is 2.96. The first-order valence-electron chi connectivity index (χ1n) is 5.34. The van der Waals surface area contributed by atoms with Crippen LogP contribution in [0.5, 0.6) is 0 Å². The summed E-state index contributed by atoms with van der Waals surface area (Å²) in [7, 11) is 0. The Labute approximate surface area is 107 Å². The molecule has 1 aromatic heterocycles. The van der Waals surface area contributed by atoms with E-state index >= 15 is 0 Å². The van der Waals surface area contributed by atoms with Crippen LogP contribution >= 0.6 is 27.3 Å². The molecule has 1 aliphatic rings. The Kier molecular flexibility index (Phi) is 3.61. The first kappa shape index (κ1) is 12.0. The van der Waals surface area contributed by atoms with Gasteiger partial charge in [-0.05, 0) is 41.7 Å². The van der Waals surface area contributed by atoms with E-state index in [1.54, 1.807) is 6.20 Å². The van der Waals surface area contributed by atoms with Gasteiger partial charge >= 0.3 is 0 Å². The molecule has 2 heterocycles. The van der Waals surface area contributed by atoms with Gasteiger partial charge in [0.05, 0.1) is 15.5 Å². The molecule has 1 atom stereocenters. The minimum Gasteiger partial charge on any atom is -0.303 e. The zero-order chi connectivity index (χ0) is 11.6. The Morgan fingerprint density at radius 1 is 1.81 bits per heavy atom. The molecular formula is C10H14BrN3OS. The molecule has 0 aromatic carbocycles. The second-order valence-corrected chi connectivity index (χ2v) is 6.30. The summed E-state index contributed by atoms with van der Waals surface area (Å²) in [5, 5.41) is 6.82. The van der Waals surface area contributed by atoms with Crippen molar-refractivity contribution in [2.45, 2.75) is 31.7 Å². The van der Waals surface area contributed by atoms with Gasteiger partial charge in [0.15, 0.2) is 5.13 Å². The minimum absolute atomic E-state index is 0.0364. The van der Waals surface area contributed by atoms with Crippen molar-refractivity contribution in [3.05, 3.63) is 9.98 Å². The maximum atomic E-state index is 12.2. The monoisotopic (exact) mass is 303 g/mol. The lowest BCUT2D eigenvalue weighted by atomic mass is 9.93. The lowest BCUT2D eigenvalue weighted by Crippen LogP contribution is -2.50. The van der Waals surface area contributed by atoms with Crippen molar-refractivity contribution in [2.75, 3.05) is 11.9 Å². The number of hydrogen-bond donors (Lipinski definition) is 2. The van der Waals surface area contributed by atoms with Crippen LogP contribution in [-0.2, 0) is 4.79 Å². The number of thiazole rings is 1. The van der Waals surface area contributed by atoms with Crippen LogP contribution in [0.25, 0.3) is 0 Å². The smallest absolute Gasteiger partial charge is 0.246 e. The number of aromatic nitrogens is 1. The van der Waals surface area contributed by atoms with Crippen LogP contribution in [0.4, 0.5) is 5.13 Å². The fourth-order valence-corrected chi connectivity index (χ4v) is 3.09. The Morgan fingerprint density at radius 3 is 3.12 bits per heavy atom. The molecule has 1 unspecified atom stereocenters. The van der Waals surface area contributed by atoms with Crippen molar-refractivity contribution in [3.63, 3.8) is 0 Å². The average molecular weight is 304 g/mol. The number of anilines is 1. The van der Waals surface area contributed by atoms with E-state index in [4.69, 9.17) is 0 Å². The molecule has 0 radical (unpaired) electrons. The zero-order valence-electron chi connectivity index (χ0n) is 9.05. The molecule has 16 heavy (non-hydrogen) atoms. The first-order chi connectivity index (χ1) is 7.66. The molecular weight excluding hydrogens is 290 g/mol. The summed E-state index contributed by atoms with van der Waals surface area (Å²) in [6, 6.07) is 0. The van der Waals surface area contributed by atoms with E-state index in [9.17, 15) is 4.79 Å². The molecule has 2 rings (SSSR count). The topological polar surface area (TPSA) is 54.0 Å². The summed E-state index contributed by atoms with van der Waals surface area (Å²) in [4.78, 5) is 16.3. The summed E-state index contributed by atoms with van der Waals surface area (Å²) in [5.41, 5.74) is -0.391. The van der Waals surface area contributed by atoms with Crippen molar-refractivity contribution < 1.29 is 4.79 Å². The van der Waals surface area contributed by atoms with Crippen LogP contribution in [0.15, 0.2) is 9.98 Å². The Balaban J connectivity index is 2.07. The molecule has 1 amide bonds. The average Bonchev–Trinajstić information content (AvgIpc) is 2.88. The van der Waals surface area contributed by atoms with E-state index in [1.165, 1.54) is 11.3 Å². The third-order valence-electron chi connectivity index (χ3n) is 2.98. The van der Waals surface area contributed by atoms with Gasteiger partial charge in [0.1, 0.15) is 0 Å². The molecule has 1 fully saturated rings. The van der Waals surface area contributed by atoms with E-state index < -0.39 is 5.54 Å². The molecule has 0 saturated carbocycles. The summed E-state index contributed by atoms with van der Waals surface area (Å²) in [6.07, 6.45) is 4.47. The van der Waals surface area contributed by atoms with Gasteiger partial charge < -0.3 is 10.6 Å². The Morgan fingerprint density at radius 2 is 2.62 bits per heavy atom. The quantitative estimate of drug-likeness (QED) is 0.901. The number of halogens is 1. The largest absolute Gasteiger partial charge is 0.303 e. The Hall–Kier alpha value is -0.460. The van der Waals surface area contributed by atoms with Crippen LogP contribution in [0, 0.1) is 0 Å². The first-order valence-corrected chi connectivity index (χ1v) is 6.95. The van der Waals surface area contributed by atoms with Gasteiger partial charge in [-0.15, -0.1) is 0 Å². The summed E-state index contributed by atoms with van der Waals surface area (Å²) in [5.74, 6) is 0.0364. The molecule has 1 saturated heterocycles. The van der Waals surface area contributed by atoms with Crippen LogP contribution in [-0.4, -0.2) is 23.0 Å². The van der Waals surface area contributed by atoms with E-state index in [-0.39, 0.29) is 5.91 Å². The van der Waals surface area contributed by atoms with Gasteiger partial charge in [-0.25, -0.2) is 4.98 Å². The van der Waals surface area contributed by atoms with E-state index in [0.29, 0.717) is 5.13 Å². The molecule has 0 bridgehead atoms. The third-order valence-corrected chi connectivity index (χ3v) is 4.37. The normalized spacial score (nSPS) is 24.6. The fourth-order valence-electron chi connectivity index (χ4n) is 1.99. The molecule has 0 aliphatic carbocycles. The number of nitrogens with zero attached hydrogens (tertiary/aromatic N) is 1. The predicted molar refractivity (Wildman–Crippen MR) is 68.7 cm³/mol. The second kappa shape index (κ2) is 4.81. The van der Waals surface area contributed by atoms with Crippen LogP contribution in [0.1, 0.15) is 26.2 Å². The van der Waals surface area contributed by atoms with Crippen LogP contribution in [0.3, 0.4) is 0 Å². The zero-order valence-corrected chi connectivity index (χ0v) is 11.4. The van der Waals surface area contributed by atoms with Gasteiger partial charge in [-0.3, -0.25) is 4.79 Å². The van der Waals surface area contributed by atoms with Gasteiger partial charge in [0.2, 0.25) is 5.91 Å². The third kappa shape index (κ3) is 2.28. The number of carbonyl (C=O) groups excluding carboxylic acids is 1. The summed E-state index contributed by atoms with van der Waals surface area (Å²) >= 11 is 4.76. The highest BCUT2D eigenvalue weighted by Gasteiger charge is 2.39. The second-order valence-electron chi connectivity index (χ2n) is 3.89. The SMILES string of the molecule is CCC1(C(=O)Nc2ncc(Br)s2)CCCN1. The number of nitrogens with one attached hydrogen (secondary N) is 2. The number of rotatable bonds is 3. The lowest BCUT2D eigenvalue weighted by molar-refractivity contribution is -0.122. The lowest BCUT2D eigenvalue weighted by Gasteiger charge is -2.25. The molecule has 6 heteroatoms. The highest BCUT2D eigenvalue weighted by Crippen LogP contribution is 2.27. The molecule has 1 aliphatic heterocycles. The molecule has 0 spiro atoms. The number of carbonyl (C=O) groups is 1. The number of amides is 1. The van der Waals surface area contributed by atoms with Crippen molar-refractivity contribution in [1.29, 1.82) is 0 Å². The number of hydrogen-bond acceptors (Lipinski definition) is 4. The van der Waals surface area contributed by atoms with Crippen molar-refractivity contribution >= 4 is 38.3 Å². The molecule has 88 valence electrons. The van der Waals surface area contributed by atoms with Crippen molar-refractivity contribution in [2.24, 2.45) is 0 Å². The maximum Gasteiger partial charge on any atom is 0.246 e. The van der Waals surface area contributed by atoms with Crippen molar-refractivity contribution in [3.8, 4) is 0 Å². The minimum atomic E-state index is -0.391. The molecule has 1 aromatic rings.